The summed E-state index contributed by atoms with van der Waals surface area (Å²) in [7, 11) is 3.81. The predicted molar refractivity (Wildman–Crippen MR) is 95.1 cm³/mol. The summed E-state index contributed by atoms with van der Waals surface area (Å²) in [6.07, 6.45) is -3.89. The Kier molecular flexibility index (Phi) is 6.49. The van der Waals surface area contributed by atoms with Crippen molar-refractivity contribution in [1.82, 2.24) is 14.9 Å². The van der Waals surface area contributed by atoms with E-state index < -0.39 is 11.9 Å². The van der Waals surface area contributed by atoms with Gasteiger partial charge in [0.15, 0.2) is 5.69 Å². The SMILES string of the molecule is CN(C)CCCNc1nc(Nc2ccc(O)cc2Cl)cc(C(F)(F)F)n1. The first-order chi connectivity index (χ1) is 12.1. The molecule has 1 aromatic carbocycles. The molecule has 0 fully saturated rings. The lowest BCUT2D eigenvalue weighted by Crippen LogP contribution is -2.18. The van der Waals surface area contributed by atoms with Crippen LogP contribution in [-0.4, -0.2) is 47.2 Å². The lowest BCUT2D eigenvalue weighted by molar-refractivity contribution is -0.141. The van der Waals surface area contributed by atoms with Crippen LogP contribution in [0.2, 0.25) is 5.02 Å². The molecule has 3 N–H and O–H groups in total. The Balaban J connectivity index is 2.22. The molecule has 0 saturated heterocycles. The highest BCUT2D eigenvalue weighted by Crippen LogP contribution is 2.32. The van der Waals surface area contributed by atoms with Crippen LogP contribution < -0.4 is 10.6 Å². The number of anilines is 3. The minimum atomic E-state index is -4.61. The Morgan fingerprint density at radius 3 is 2.54 bits per heavy atom. The van der Waals surface area contributed by atoms with Gasteiger partial charge in [-0.2, -0.15) is 18.2 Å². The number of nitrogens with zero attached hydrogens (tertiary/aromatic N) is 3. The van der Waals surface area contributed by atoms with E-state index in [0.29, 0.717) is 12.2 Å². The van der Waals surface area contributed by atoms with E-state index in [4.69, 9.17) is 11.6 Å². The number of benzene rings is 1. The molecule has 142 valence electrons. The second-order valence-corrected chi connectivity index (χ2v) is 6.24. The molecule has 0 saturated carbocycles. The Hall–Kier alpha value is -2.26. The van der Waals surface area contributed by atoms with E-state index in [1.165, 1.54) is 18.2 Å². The average molecular weight is 390 g/mol. The molecule has 26 heavy (non-hydrogen) atoms. The summed E-state index contributed by atoms with van der Waals surface area (Å²) in [5.74, 6) is -0.242. The predicted octanol–water partition coefficient (Wildman–Crippen LogP) is 3.96. The van der Waals surface area contributed by atoms with Crippen molar-refractivity contribution in [2.24, 2.45) is 0 Å². The number of nitrogens with one attached hydrogen (secondary N) is 2. The first kappa shape index (κ1) is 20.1. The number of phenolic OH excluding ortho intramolecular Hbond substituents is 1. The second kappa shape index (κ2) is 8.41. The van der Waals surface area contributed by atoms with Crippen LogP contribution in [0.3, 0.4) is 0 Å². The average Bonchev–Trinajstić information content (AvgIpc) is 2.53. The number of hydrogen-bond acceptors (Lipinski definition) is 6. The van der Waals surface area contributed by atoms with Gasteiger partial charge in [-0.1, -0.05) is 11.6 Å². The number of alkyl halides is 3. The maximum atomic E-state index is 13.1. The van der Waals surface area contributed by atoms with Gasteiger partial charge in [0.2, 0.25) is 5.95 Å². The van der Waals surface area contributed by atoms with Gasteiger partial charge in [-0.15, -0.1) is 0 Å². The lowest BCUT2D eigenvalue weighted by Gasteiger charge is -2.14. The monoisotopic (exact) mass is 389 g/mol. The van der Waals surface area contributed by atoms with Gasteiger partial charge in [0.25, 0.3) is 0 Å². The van der Waals surface area contributed by atoms with Crippen molar-refractivity contribution in [2.75, 3.05) is 37.8 Å². The van der Waals surface area contributed by atoms with Crippen molar-refractivity contribution in [3.05, 3.63) is 35.0 Å². The quantitative estimate of drug-likeness (QED) is 0.491. The number of hydrogen-bond donors (Lipinski definition) is 3. The second-order valence-electron chi connectivity index (χ2n) is 5.83. The fraction of sp³-hybridized carbons (Fsp3) is 0.375. The largest absolute Gasteiger partial charge is 0.508 e. The van der Waals surface area contributed by atoms with Gasteiger partial charge in [-0.05, 0) is 39.2 Å². The van der Waals surface area contributed by atoms with E-state index >= 15 is 0 Å². The van der Waals surface area contributed by atoms with Crippen molar-refractivity contribution in [3.63, 3.8) is 0 Å². The van der Waals surface area contributed by atoms with Crippen LogP contribution in [-0.2, 0) is 6.18 Å². The molecule has 0 spiro atoms. The van der Waals surface area contributed by atoms with Crippen LogP contribution in [0, 0.1) is 0 Å². The summed E-state index contributed by atoms with van der Waals surface area (Å²) in [4.78, 5) is 9.55. The van der Waals surface area contributed by atoms with E-state index in [2.05, 4.69) is 20.6 Å². The summed E-state index contributed by atoms with van der Waals surface area (Å²) in [6, 6.07) is 4.88. The van der Waals surface area contributed by atoms with Crippen molar-refractivity contribution in [3.8, 4) is 5.75 Å². The Labute approximate surface area is 154 Å². The molecule has 6 nitrogen and oxygen atoms in total. The Bertz CT molecular complexity index is 755. The number of halogens is 4. The molecular weight excluding hydrogens is 371 g/mol. The van der Waals surface area contributed by atoms with Gasteiger partial charge >= 0.3 is 6.18 Å². The van der Waals surface area contributed by atoms with Crippen LogP contribution in [0.25, 0.3) is 0 Å². The fourth-order valence-corrected chi connectivity index (χ4v) is 2.30. The summed E-state index contributed by atoms with van der Waals surface area (Å²) in [5.41, 5.74) is -0.755. The Morgan fingerprint density at radius 1 is 1.19 bits per heavy atom. The van der Waals surface area contributed by atoms with Crippen molar-refractivity contribution >= 4 is 29.1 Å². The maximum Gasteiger partial charge on any atom is 0.433 e. The number of aromatic nitrogens is 2. The zero-order valence-corrected chi connectivity index (χ0v) is 15.0. The molecule has 0 aliphatic carbocycles. The van der Waals surface area contributed by atoms with Crippen molar-refractivity contribution < 1.29 is 18.3 Å². The molecule has 1 aromatic heterocycles. The van der Waals surface area contributed by atoms with Gasteiger partial charge in [0, 0.05) is 18.7 Å². The zero-order chi connectivity index (χ0) is 19.3. The normalized spacial score (nSPS) is 11.7. The highest BCUT2D eigenvalue weighted by molar-refractivity contribution is 6.33. The molecule has 10 heteroatoms. The van der Waals surface area contributed by atoms with Crippen LogP contribution in [0.5, 0.6) is 5.75 Å². The van der Waals surface area contributed by atoms with E-state index in [0.717, 1.165) is 19.0 Å². The Morgan fingerprint density at radius 2 is 1.92 bits per heavy atom. The molecule has 0 radical (unpaired) electrons. The number of phenols is 1. The van der Waals surface area contributed by atoms with Gasteiger partial charge in [-0.25, -0.2) is 4.98 Å². The molecule has 0 aliphatic rings. The van der Waals surface area contributed by atoms with Crippen LogP contribution in [0.1, 0.15) is 12.1 Å². The number of rotatable bonds is 7. The summed E-state index contributed by atoms with van der Waals surface area (Å²) >= 11 is 5.97. The zero-order valence-electron chi connectivity index (χ0n) is 14.2. The van der Waals surface area contributed by atoms with Crippen molar-refractivity contribution in [1.29, 1.82) is 0 Å². The minimum absolute atomic E-state index is 0.0533. The van der Waals surface area contributed by atoms with Gasteiger partial charge in [0.1, 0.15) is 11.6 Å². The lowest BCUT2D eigenvalue weighted by atomic mass is 10.3. The standard InChI is InChI=1S/C16H19ClF3N5O/c1-25(2)7-3-6-21-15-23-13(16(18,19)20)9-14(24-15)22-12-5-4-10(26)8-11(12)17/h4-5,8-9,26H,3,6-7H2,1-2H3,(H2,21,22,23,24). The number of aromatic hydroxyl groups is 1. The van der Waals surface area contributed by atoms with E-state index in [1.54, 1.807) is 0 Å². The molecule has 2 rings (SSSR count). The molecule has 0 bridgehead atoms. The summed E-state index contributed by atoms with van der Waals surface area (Å²) < 4.78 is 39.3. The van der Waals surface area contributed by atoms with Gasteiger partial charge < -0.3 is 20.6 Å². The summed E-state index contributed by atoms with van der Waals surface area (Å²) in [6.45, 7) is 1.21. The van der Waals surface area contributed by atoms with E-state index in [9.17, 15) is 18.3 Å². The molecule has 0 unspecified atom stereocenters. The summed E-state index contributed by atoms with van der Waals surface area (Å²) in [5, 5.41) is 15.0. The third-order valence-electron chi connectivity index (χ3n) is 3.30. The highest BCUT2D eigenvalue weighted by atomic mass is 35.5. The van der Waals surface area contributed by atoms with E-state index in [1.807, 2.05) is 19.0 Å². The molecular formula is C16H19ClF3N5O. The molecule has 0 aliphatic heterocycles. The molecule has 0 amide bonds. The first-order valence-corrected chi connectivity index (χ1v) is 8.13. The third kappa shape index (κ3) is 5.92. The van der Waals surface area contributed by atoms with Crippen molar-refractivity contribution in [2.45, 2.75) is 12.6 Å². The maximum absolute atomic E-state index is 13.1. The van der Waals surface area contributed by atoms with E-state index in [-0.39, 0.29) is 22.5 Å². The molecule has 1 heterocycles. The minimum Gasteiger partial charge on any atom is -0.508 e. The third-order valence-corrected chi connectivity index (χ3v) is 3.61. The van der Waals surface area contributed by atoms with Crippen LogP contribution in [0.15, 0.2) is 24.3 Å². The smallest absolute Gasteiger partial charge is 0.433 e. The first-order valence-electron chi connectivity index (χ1n) is 7.75. The topological polar surface area (TPSA) is 73.3 Å². The molecule has 2 aromatic rings. The van der Waals surface area contributed by atoms with Gasteiger partial charge in [0.05, 0.1) is 10.7 Å². The van der Waals surface area contributed by atoms with Crippen LogP contribution >= 0.6 is 11.6 Å². The highest BCUT2D eigenvalue weighted by Gasteiger charge is 2.33. The van der Waals surface area contributed by atoms with Gasteiger partial charge in [-0.3, -0.25) is 0 Å². The molecule has 0 atom stereocenters. The fourth-order valence-electron chi connectivity index (χ4n) is 2.07. The van der Waals surface area contributed by atoms with Crippen LogP contribution in [0.4, 0.5) is 30.6 Å².